The number of aryl methyl sites for hydroxylation is 4. The van der Waals surface area contributed by atoms with Crippen molar-refractivity contribution in [3.63, 3.8) is 0 Å². The molecule has 81 heavy (non-hydrogen) atoms. The number of rotatable bonds is 10. The van der Waals surface area contributed by atoms with Crippen LogP contribution in [0.3, 0.4) is 0 Å². The van der Waals surface area contributed by atoms with Crippen LogP contribution in [0.25, 0.3) is 22.3 Å². The van der Waals surface area contributed by atoms with Crippen molar-refractivity contribution in [3.8, 4) is 68.2 Å². The summed E-state index contributed by atoms with van der Waals surface area (Å²) in [4.78, 5) is 0. The van der Waals surface area contributed by atoms with Gasteiger partial charge >= 0.3 is 0 Å². The lowest BCUT2D eigenvalue weighted by Crippen LogP contribution is -1.86. The van der Waals surface area contributed by atoms with Gasteiger partial charge in [0.15, 0.2) is 0 Å². The molecule has 0 unspecified atom stereocenters. The monoisotopic (exact) mass is 1110 g/mol. The second-order valence-corrected chi connectivity index (χ2v) is 14.7. The van der Waals surface area contributed by atoms with Crippen molar-refractivity contribution < 1.29 is 33.2 Å². The Morgan fingerprint density at radius 1 is 0.160 bits per heavy atom. The first kappa shape index (κ1) is 82.2. The zero-order chi connectivity index (χ0) is 62.8. The number of ether oxygens (including phenoxy) is 7. The Kier molecular flexibility index (Phi) is 59.4. The van der Waals surface area contributed by atoms with E-state index < -0.39 is 0 Å². The van der Waals surface area contributed by atoms with Crippen molar-refractivity contribution in [3.05, 3.63) is 216 Å². The predicted molar refractivity (Wildman–Crippen MR) is 359 cm³/mol. The maximum atomic E-state index is 5.67. The molecule has 0 aliphatic carbocycles. The highest BCUT2D eigenvalue weighted by Crippen LogP contribution is 2.27. The van der Waals surface area contributed by atoms with E-state index in [-0.39, 0.29) is 0 Å². The van der Waals surface area contributed by atoms with E-state index in [2.05, 4.69) is 100 Å². The molecule has 0 aliphatic rings. The van der Waals surface area contributed by atoms with Gasteiger partial charge in [0.1, 0.15) is 46.0 Å². The predicted octanol–water partition coefficient (Wildman–Crippen LogP) is 23.1. The van der Waals surface area contributed by atoms with Gasteiger partial charge in [0, 0.05) is 0 Å². The Hall–Kier alpha value is -7.64. The molecule has 0 amide bonds. The summed E-state index contributed by atoms with van der Waals surface area (Å²) in [6.07, 6.45) is 0. The van der Waals surface area contributed by atoms with E-state index in [0.29, 0.717) is 0 Å². The van der Waals surface area contributed by atoms with E-state index in [0.717, 1.165) is 46.0 Å². The molecule has 0 atom stereocenters. The average molecular weight is 1110 g/mol. The first-order valence-corrected chi connectivity index (χ1v) is 29.2. The molecule has 0 saturated carbocycles. The van der Waals surface area contributed by atoms with E-state index in [1.165, 1.54) is 44.5 Å². The van der Waals surface area contributed by atoms with Gasteiger partial charge < -0.3 is 33.2 Å². The van der Waals surface area contributed by atoms with Crippen LogP contribution in [0.15, 0.2) is 194 Å². The summed E-state index contributed by atoms with van der Waals surface area (Å²) in [5.74, 6) is 6.61. The lowest BCUT2D eigenvalue weighted by Gasteiger charge is -2.07. The fourth-order valence-corrected chi connectivity index (χ4v) is 5.83. The fraction of sp³-hybridized carbons (Fsp3) is 0.351. The van der Waals surface area contributed by atoms with Gasteiger partial charge in [-0.15, -0.1) is 0 Å². The Morgan fingerprint density at radius 3 is 0.420 bits per heavy atom. The second kappa shape index (κ2) is 58.5. The van der Waals surface area contributed by atoms with Crippen LogP contribution in [0.2, 0.25) is 0 Å². The first-order chi connectivity index (χ1) is 39.5. The molecular formula is C74H110O7. The van der Waals surface area contributed by atoms with Crippen LogP contribution in [0.4, 0.5) is 0 Å². The molecule has 0 fully saturated rings. The van der Waals surface area contributed by atoms with Crippen molar-refractivity contribution in [2.45, 2.75) is 138 Å². The van der Waals surface area contributed by atoms with E-state index >= 15 is 0 Å². The molecule has 0 N–H and O–H groups in total. The van der Waals surface area contributed by atoms with E-state index in [1.54, 1.807) is 42.7 Å². The lowest BCUT2D eigenvalue weighted by atomic mass is 10.0. The third-order valence-corrected chi connectivity index (χ3v) is 9.82. The third-order valence-electron chi connectivity index (χ3n) is 9.82. The number of benzene rings is 8. The molecule has 0 aromatic heterocycles. The summed E-state index contributed by atoms with van der Waals surface area (Å²) >= 11 is 0. The van der Waals surface area contributed by atoms with Gasteiger partial charge in [-0.1, -0.05) is 230 Å². The van der Waals surface area contributed by atoms with Crippen LogP contribution in [0, 0.1) is 27.7 Å². The quantitative estimate of drug-likeness (QED) is 0.135. The molecule has 8 rings (SSSR count). The number of hydrogen-bond donors (Lipinski definition) is 0. The second-order valence-electron chi connectivity index (χ2n) is 14.7. The molecule has 0 spiro atoms. The summed E-state index contributed by atoms with van der Waals surface area (Å²) in [6, 6.07) is 64.1. The Bertz CT molecular complexity index is 2300. The van der Waals surface area contributed by atoms with Crippen LogP contribution >= 0.6 is 0 Å². The minimum absolute atomic E-state index is 0.774. The van der Waals surface area contributed by atoms with Gasteiger partial charge in [0.2, 0.25) is 0 Å². The van der Waals surface area contributed by atoms with Crippen molar-refractivity contribution >= 4 is 0 Å². The molecule has 7 nitrogen and oxygen atoms in total. The van der Waals surface area contributed by atoms with Crippen LogP contribution in [-0.2, 0) is 0 Å². The molecule has 8 aromatic rings. The fourth-order valence-electron chi connectivity index (χ4n) is 5.83. The highest BCUT2D eigenvalue weighted by molar-refractivity contribution is 5.65. The molecule has 0 radical (unpaired) electrons. The van der Waals surface area contributed by atoms with Crippen molar-refractivity contribution in [1.29, 1.82) is 0 Å². The number of hydrogen-bond acceptors (Lipinski definition) is 7. The Labute approximate surface area is 496 Å². The summed E-state index contributed by atoms with van der Waals surface area (Å²) in [7, 11) is 9.90. The van der Waals surface area contributed by atoms with E-state index in [9.17, 15) is 0 Å². The van der Waals surface area contributed by atoms with Crippen molar-refractivity contribution in [2.75, 3.05) is 42.7 Å². The van der Waals surface area contributed by atoms with Crippen LogP contribution < -0.4 is 33.2 Å². The van der Waals surface area contributed by atoms with Crippen molar-refractivity contribution in [2.24, 2.45) is 0 Å². The molecule has 8 aromatic carbocycles. The first-order valence-electron chi connectivity index (χ1n) is 29.2. The van der Waals surface area contributed by atoms with E-state index in [4.69, 9.17) is 33.2 Å². The smallest absolute Gasteiger partial charge is 0.127 e. The summed E-state index contributed by atoms with van der Waals surface area (Å²) in [5.41, 5.74) is 10.2. The minimum Gasteiger partial charge on any atom is -0.497 e. The SMILES string of the molecule is CC.CC.CC.CC.CC.CC.CC.CC.COc1ccc(-c2ccc(OC)cc2)cc1.COc1ccc(OC)cc1.COc1ccc(Oc2ccc(OC)cc2)cc1.Cc1ccc(-c2ccc(C)cc2)cc1.Cc1ccc(C)cc1. The third kappa shape index (κ3) is 38.6. The van der Waals surface area contributed by atoms with Gasteiger partial charge in [0.05, 0.1) is 42.7 Å². The normalized spacial score (nSPS) is 8.37. The Morgan fingerprint density at radius 2 is 0.272 bits per heavy atom. The zero-order valence-electron chi connectivity index (χ0n) is 55.3. The summed E-state index contributed by atoms with van der Waals surface area (Å²) in [6.45, 7) is 40.4. The highest BCUT2D eigenvalue weighted by Gasteiger charge is 2.01. The minimum atomic E-state index is 0.774. The largest absolute Gasteiger partial charge is 0.497 e. The van der Waals surface area contributed by atoms with Gasteiger partial charge in [-0.05, 0) is 147 Å². The molecule has 0 bridgehead atoms. The zero-order valence-corrected chi connectivity index (χ0v) is 55.3. The van der Waals surface area contributed by atoms with Crippen LogP contribution in [0.1, 0.15) is 133 Å². The Balaban J connectivity index is -0.000000283. The molecule has 0 saturated heterocycles. The summed E-state index contributed by atoms with van der Waals surface area (Å²) < 4.78 is 36.0. The van der Waals surface area contributed by atoms with Crippen LogP contribution in [-0.4, -0.2) is 42.7 Å². The van der Waals surface area contributed by atoms with Crippen molar-refractivity contribution in [1.82, 2.24) is 0 Å². The van der Waals surface area contributed by atoms with Gasteiger partial charge in [-0.25, -0.2) is 0 Å². The van der Waals surface area contributed by atoms with Gasteiger partial charge in [-0.2, -0.15) is 0 Å². The molecule has 0 heterocycles. The number of methoxy groups -OCH3 is 6. The molecular weight excluding hydrogens is 1000 g/mol. The molecule has 448 valence electrons. The molecule has 0 aliphatic heterocycles. The summed E-state index contributed by atoms with van der Waals surface area (Å²) in [5, 5.41) is 0. The maximum absolute atomic E-state index is 5.67. The lowest BCUT2D eigenvalue weighted by molar-refractivity contribution is 0.403. The average Bonchev–Trinajstić information content (AvgIpc) is 3.57. The maximum Gasteiger partial charge on any atom is 0.127 e. The van der Waals surface area contributed by atoms with Gasteiger partial charge in [0.25, 0.3) is 0 Å². The van der Waals surface area contributed by atoms with Gasteiger partial charge in [-0.3, -0.25) is 0 Å². The highest BCUT2D eigenvalue weighted by atomic mass is 16.5. The van der Waals surface area contributed by atoms with E-state index in [1.807, 2.05) is 232 Å². The molecule has 7 heteroatoms. The van der Waals surface area contributed by atoms with Crippen LogP contribution in [0.5, 0.6) is 46.0 Å². The standard InChI is InChI=1S/C14H14O3.C14H14O2.C14H14.C8H10O2.C8H10.8C2H6/c1-15-11-3-7-13(8-4-11)17-14-9-5-12(16-2)6-10-14;1-15-13-7-3-11(4-8-13)12-5-9-14(16-2)10-6-12;1-11-3-7-13(8-4-11)14-9-5-12(2)6-10-14;1-9-7-3-5-8(10-2)6-4-7;1-7-3-5-8(2)6-4-7;8*1-2/h3-10H,1-2H3;3-10H,1-2H3;3-10H,1-2H3;3-6H,1-2H3;3-6H,1-2H3;8*1-2H3. The topological polar surface area (TPSA) is 64.6 Å².